The maximum atomic E-state index is 6.85. The molecule has 10 aromatic rings. The highest BCUT2D eigenvalue weighted by Gasteiger charge is 2.36. The SMILES string of the molecule is CC1(C)c2ccccc2-c2ccc(N(c3cccc(-c4ccc5ccccc5c4)c3)c3cccc4c3oc3ccc5oc(-c6ccccc6)nc5c34)cc21. The molecule has 0 atom stereocenters. The average molecular weight is 695 g/mol. The van der Waals surface area contributed by atoms with E-state index in [4.69, 9.17) is 13.8 Å². The first kappa shape index (κ1) is 30.7. The molecule has 0 aliphatic heterocycles. The summed E-state index contributed by atoms with van der Waals surface area (Å²) >= 11 is 0. The van der Waals surface area contributed by atoms with Crippen LogP contribution < -0.4 is 4.90 Å². The first-order valence-electron chi connectivity index (χ1n) is 18.5. The van der Waals surface area contributed by atoms with Crippen LogP contribution in [0.3, 0.4) is 0 Å². The Kier molecular flexibility index (Phi) is 6.56. The smallest absolute Gasteiger partial charge is 0.227 e. The summed E-state index contributed by atoms with van der Waals surface area (Å²) < 4.78 is 13.2. The molecule has 0 bridgehead atoms. The van der Waals surface area contributed by atoms with Crippen LogP contribution in [0.1, 0.15) is 25.0 Å². The Morgan fingerprint density at radius 1 is 0.500 bits per heavy atom. The van der Waals surface area contributed by atoms with Crippen molar-refractivity contribution >= 4 is 60.9 Å². The Labute approximate surface area is 312 Å². The standard InChI is InChI=1S/C50H34N2O2/c1-50(2)41-20-9-8-18-38(41)39-25-24-37(30-42(39)50)52(36-17-10-16-34(29-36)35-23-22-31-12-6-7-15-33(31)28-35)43-21-11-19-40-46-44(53-48(40)43)26-27-45-47(46)51-49(54-45)32-13-4-3-5-14-32/h3-30H,1-2H3. The zero-order valence-electron chi connectivity index (χ0n) is 29.9. The van der Waals surface area contributed by atoms with Crippen molar-refractivity contribution in [3.63, 3.8) is 0 Å². The second-order valence-electron chi connectivity index (χ2n) is 14.8. The molecule has 11 rings (SSSR count). The van der Waals surface area contributed by atoms with E-state index in [2.05, 4.69) is 146 Å². The predicted octanol–water partition coefficient (Wildman–Crippen LogP) is 14.0. The van der Waals surface area contributed by atoms with Crippen molar-refractivity contribution < 1.29 is 8.83 Å². The van der Waals surface area contributed by atoms with Crippen LogP contribution in [0.25, 0.3) is 77.5 Å². The van der Waals surface area contributed by atoms with Gasteiger partial charge in [0.2, 0.25) is 5.89 Å². The molecular formula is C50H34N2O2. The molecule has 1 aliphatic carbocycles. The number of anilines is 3. The zero-order chi connectivity index (χ0) is 36.0. The summed E-state index contributed by atoms with van der Waals surface area (Å²) in [4.78, 5) is 7.38. The molecule has 2 aromatic heterocycles. The predicted molar refractivity (Wildman–Crippen MR) is 222 cm³/mol. The zero-order valence-corrected chi connectivity index (χ0v) is 29.9. The molecule has 0 saturated carbocycles. The van der Waals surface area contributed by atoms with Crippen LogP contribution in [0.15, 0.2) is 179 Å². The van der Waals surface area contributed by atoms with Crippen LogP contribution in [0.5, 0.6) is 0 Å². The van der Waals surface area contributed by atoms with Gasteiger partial charge in [-0.2, -0.15) is 0 Å². The average Bonchev–Trinajstić information content (AvgIpc) is 3.89. The van der Waals surface area contributed by atoms with E-state index < -0.39 is 0 Å². The number of para-hydroxylation sites is 1. The van der Waals surface area contributed by atoms with Gasteiger partial charge >= 0.3 is 0 Å². The van der Waals surface area contributed by atoms with Gasteiger partial charge in [-0.1, -0.05) is 123 Å². The monoisotopic (exact) mass is 694 g/mol. The van der Waals surface area contributed by atoms with Crippen LogP contribution in [-0.2, 0) is 5.41 Å². The van der Waals surface area contributed by atoms with Gasteiger partial charge in [0.25, 0.3) is 0 Å². The molecule has 0 N–H and O–H groups in total. The largest absolute Gasteiger partial charge is 0.454 e. The molecule has 0 radical (unpaired) electrons. The molecule has 4 heteroatoms. The number of fused-ring (bicyclic) bond motifs is 9. The quantitative estimate of drug-likeness (QED) is 0.180. The van der Waals surface area contributed by atoms with Crippen molar-refractivity contribution in [1.82, 2.24) is 4.98 Å². The first-order chi connectivity index (χ1) is 26.5. The van der Waals surface area contributed by atoms with Gasteiger partial charge in [0.15, 0.2) is 11.2 Å². The number of benzene rings is 8. The number of rotatable bonds is 5. The molecule has 0 spiro atoms. The van der Waals surface area contributed by atoms with Gasteiger partial charge in [-0.15, -0.1) is 0 Å². The lowest BCUT2D eigenvalue weighted by atomic mass is 9.82. The third kappa shape index (κ3) is 4.60. The van der Waals surface area contributed by atoms with Crippen molar-refractivity contribution in [3.8, 4) is 33.7 Å². The van der Waals surface area contributed by atoms with Gasteiger partial charge in [-0.3, -0.25) is 0 Å². The highest BCUT2D eigenvalue weighted by atomic mass is 16.4. The van der Waals surface area contributed by atoms with Crippen molar-refractivity contribution in [2.45, 2.75) is 19.3 Å². The molecule has 0 fully saturated rings. The minimum absolute atomic E-state index is 0.152. The van der Waals surface area contributed by atoms with Gasteiger partial charge in [0.1, 0.15) is 11.1 Å². The second-order valence-corrected chi connectivity index (χ2v) is 14.8. The topological polar surface area (TPSA) is 42.4 Å². The van der Waals surface area contributed by atoms with Crippen LogP contribution in [0.2, 0.25) is 0 Å². The molecule has 2 heterocycles. The highest BCUT2D eigenvalue weighted by molar-refractivity contribution is 6.19. The summed E-state index contributed by atoms with van der Waals surface area (Å²) in [6.07, 6.45) is 0. The molecule has 4 nitrogen and oxygen atoms in total. The summed E-state index contributed by atoms with van der Waals surface area (Å²) in [6, 6.07) is 60.2. The molecule has 54 heavy (non-hydrogen) atoms. The summed E-state index contributed by atoms with van der Waals surface area (Å²) in [5, 5.41) is 4.39. The number of hydrogen-bond donors (Lipinski definition) is 0. The fourth-order valence-electron chi connectivity index (χ4n) is 8.59. The fourth-order valence-corrected chi connectivity index (χ4v) is 8.59. The highest BCUT2D eigenvalue weighted by Crippen LogP contribution is 2.51. The lowest BCUT2D eigenvalue weighted by Crippen LogP contribution is -2.16. The van der Waals surface area contributed by atoms with Gasteiger partial charge in [0, 0.05) is 27.7 Å². The molecule has 0 saturated heterocycles. The Morgan fingerprint density at radius 3 is 2.13 bits per heavy atom. The first-order valence-corrected chi connectivity index (χ1v) is 18.5. The fraction of sp³-hybridized carbons (Fsp3) is 0.0600. The summed E-state index contributed by atoms with van der Waals surface area (Å²) in [5.74, 6) is 0.595. The normalized spacial score (nSPS) is 13.1. The number of furan rings is 1. The maximum Gasteiger partial charge on any atom is 0.227 e. The van der Waals surface area contributed by atoms with Gasteiger partial charge in [-0.05, 0) is 105 Å². The lowest BCUT2D eigenvalue weighted by molar-refractivity contribution is 0.619. The van der Waals surface area contributed by atoms with E-state index >= 15 is 0 Å². The van der Waals surface area contributed by atoms with Crippen molar-refractivity contribution in [3.05, 3.63) is 181 Å². The Hall–Kier alpha value is -6.91. The molecule has 1 aliphatic rings. The van der Waals surface area contributed by atoms with E-state index in [1.54, 1.807) is 0 Å². The number of nitrogens with zero attached hydrogens (tertiary/aromatic N) is 2. The van der Waals surface area contributed by atoms with E-state index in [1.165, 1.54) is 38.6 Å². The third-order valence-corrected chi connectivity index (χ3v) is 11.3. The van der Waals surface area contributed by atoms with Crippen molar-refractivity contribution in [1.29, 1.82) is 0 Å². The molecule has 0 unspecified atom stereocenters. The minimum Gasteiger partial charge on any atom is -0.454 e. The summed E-state index contributed by atoms with van der Waals surface area (Å²) in [6.45, 7) is 4.66. The molecule has 8 aromatic carbocycles. The van der Waals surface area contributed by atoms with E-state index in [0.717, 1.165) is 61.2 Å². The van der Waals surface area contributed by atoms with Crippen molar-refractivity contribution in [2.75, 3.05) is 4.90 Å². The van der Waals surface area contributed by atoms with Gasteiger partial charge in [-0.25, -0.2) is 4.98 Å². The molecule has 256 valence electrons. The van der Waals surface area contributed by atoms with E-state index in [1.807, 2.05) is 42.5 Å². The van der Waals surface area contributed by atoms with Crippen LogP contribution in [0.4, 0.5) is 17.1 Å². The Bertz CT molecular complexity index is 3100. The number of aromatic nitrogens is 1. The lowest BCUT2D eigenvalue weighted by Gasteiger charge is -2.28. The second kappa shape index (κ2) is 11.5. The molecular weight excluding hydrogens is 661 g/mol. The Morgan fingerprint density at radius 2 is 1.22 bits per heavy atom. The maximum absolute atomic E-state index is 6.85. The number of oxazole rings is 1. The van der Waals surface area contributed by atoms with Crippen molar-refractivity contribution in [2.24, 2.45) is 0 Å². The van der Waals surface area contributed by atoms with E-state index in [9.17, 15) is 0 Å². The van der Waals surface area contributed by atoms with Gasteiger partial charge in [0.05, 0.1) is 11.1 Å². The minimum atomic E-state index is -0.152. The number of hydrogen-bond acceptors (Lipinski definition) is 4. The molecule has 0 amide bonds. The van der Waals surface area contributed by atoms with Crippen LogP contribution >= 0.6 is 0 Å². The van der Waals surface area contributed by atoms with E-state index in [-0.39, 0.29) is 5.41 Å². The van der Waals surface area contributed by atoms with Crippen LogP contribution in [0, 0.1) is 0 Å². The van der Waals surface area contributed by atoms with E-state index in [0.29, 0.717) is 5.89 Å². The van der Waals surface area contributed by atoms with Crippen LogP contribution in [-0.4, -0.2) is 4.98 Å². The third-order valence-electron chi connectivity index (χ3n) is 11.3. The van der Waals surface area contributed by atoms with Gasteiger partial charge < -0.3 is 13.7 Å². The summed E-state index contributed by atoms with van der Waals surface area (Å²) in [7, 11) is 0. The summed E-state index contributed by atoms with van der Waals surface area (Å²) in [5.41, 5.74) is 14.5. The Balaban J connectivity index is 1.13.